The van der Waals surface area contributed by atoms with Gasteiger partial charge in [-0.25, -0.2) is 22.0 Å². The van der Waals surface area contributed by atoms with Crippen LogP contribution in [0.25, 0.3) is 33.4 Å². The average Bonchev–Trinajstić information content (AvgIpc) is 3.02. The van der Waals surface area contributed by atoms with Gasteiger partial charge in [-0.1, -0.05) is 74.4 Å². The molecule has 0 aliphatic carbocycles. The maximum atomic E-state index is 15.2. The zero-order chi connectivity index (χ0) is 35.5. The number of benzene rings is 5. The van der Waals surface area contributed by atoms with Crippen LogP contribution in [0.3, 0.4) is 0 Å². The Morgan fingerprint density at radius 2 is 1.02 bits per heavy atom. The van der Waals surface area contributed by atoms with Gasteiger partial charge in [-0.15, -0.1) is 13.2 Å². The van der Waals surface area contributed by atoms with Crippen LogP contribution < -0.4 is 9.47 Å². The van der Waals surface area contributed by atoms with Gasteiger partial charge in [0.25, 0.3) is 0 Å². The lowest BCUT2D eigenvalue weighted by atomic mass is 9.96. The van der Waals surface area contributed by atoms with Gasteiger partial charge in [0.15, 0.2) is 11.6 Å². The van der Waals surface area contributed by atoms with Crippen LogP contribution in [0.15, 0.2) is 91.0 Å². The van der Waals surface area contributed by atoms with E-state index >= 15 is 8.78 Å². The third-order valence-electron chi connectivity index (χ3n) is 7.63. The Labute approximate surface area is 274 Å². The molecule has 0 saturated heterocycles. The predicted molar refractivity (Wildman–Crippen MR) is 163 cm³/mol. The maximum absolute atomic E-state index is 15.2. The topological polar surface area (TPSA) is 18.5 Å². The summed E-state index contributed by atoms with van der Waals surface area (Å²) >= 11 is 0. The Bertz CT molecular complexity index is 1930. The van der Waals surface area contributed by atoms with E-state index < -0.39 is 58.6 Å². The van der Waals surface area contributed by atoms with Crippen LogP contribution in [0, 0.1) is 29.1 Å². The van der Waals surface area contributed by atoms with Crippen molar-refractivity contribution in [2.24, 2.45) is 0 Å². The van der Waals surface area contributed by atoms with Gasteiger partial charge in [0.05, 0.1) is 5.56 Å². The minimum absolute atomic E-state index is 0.00413. The van der Waals surface area contributed by atoms with Crippen molar-refractivity contribution >= 4 is 0 Å². The zero-order valence-electron chi connectivity index (χ0n) is 25.6. The van der Waals surface area contributed by atoms with Gasteiger partial charge in [0.2, 0.25) is 5.75 Å². The summed E-state index contributed by atoms with van der Waals surface area (Å²) in [6, 6.07) is 18.0. The van der Waals surface area contributed by atoms with Crippen LogP contribution in [-0.4, -0.2) is 6.36 Å². The summed E-state index contributed by atoms with van der Waals surface area (Å²) < 4.78 is 147. The number of ether oxygens (including phenoxy) is 2. The lowest BCUT2D eigenvalue weighted by Gasteiger charge is -2.20. The van der Waals surface area contributed by atoms with Gasteiger partial charge in [0.1, 0.15) is 23.2 Å². The van der Waals surface area contributed by atoms with Crippen molar-refractivity contribution in [1.29, 1.82) is 0 Å². The number of alkyl halides is 5. The van der Waals surface area contributed by atoms with Crippen molar-refractivity contribution < 1.29 is 53.4 Å². The SMILES string of the molecule is CCCCCc1ccc(-c2ccc(-c3ccc(-c4ccc(C(F)(F)Oc5cc(F)c(OC(F)(F)F)c(F)c5)c(F)c4)c(F)c3)c(F)c2)cc1. The molecule has 5 rings (SSSR count). The van der Waals surface area contributed by atoms with Crippen LogP contribution in [0.2, 0.25) is 0 Å². The molecule has 0 spiro atoms. The molecule has 256 valence electrons. The number of rotatable bonds is 11. The van der Waals surface area contributed by atoms with E-state index in [9.17, 15) is 35.1 Å². The predicted octanol–water partition coefficient (Wildman–Crippen LogP) is 12.1. The molecule has 2 nitrogen and oxygen atoms in total. The molecule has 0 saturated carbocycles. The van der Waals surface area contributed by atoms with E-state index in [1.807, 2.05) is 24.3 Å². The summed E-state index contributed by atoms with van der Waals surface area (Å²) in [7, 11) is 0. The van der Waals surface area contributed by atoms with E-state index in [0.717, 1.165) is 43.4 Å². The van der Waals surface area contributed by atoms with Crippen LogP contribution in [0.5, 0.6) is 11.5 Å². The molecular formula is C37H26F10O2. The fourth-order valence-electron chi connectivity index (χ4n) is 5.22. The normalized spacial score (nSPS) is 11.9. The van der Waals surface area contributed by atoms with Gasteiger partial charge >= 0.3 is 12.5 Å². The Morgan fingerprint density at radius 3 is 1.55 bits per heavy atom. The largest absolute Gasteiger partial charge is 0.573 e. The summed E-state index contributed by atoms with van der Waals surface area (Å²) in [5, 5.41) is 0. The van der Waals surface area contributed by atoms with Crippen molar-refractivity contribution in [1.82, 2.24) is 0 Å². The summed E-state index contributed by atoms with van der Waals surface area (Å²) in [6.07, 6.45) is -5.75. The quantitative estimate of drug-likeness (QED) is 0.101. The van der Waals surface area contributed by atoms with E-state index in [-0.39, 0.29) is 34.4 Å². The molecule has 0 heterocycles. The van der Waals surface area contributed by atoms with Crippen molar-refractivity contribution in [2.45, 2.75) is 45.1 Å². The molecule has 0 aliphatic rings. The molecule has 0 fully saturated rings. The highest BCUT2D eigenvalue weighted by molar-refractivity contribution is 5.74. The lowest BCUT2D eigenvalue weighted by molar-refractivity contribution is -0.276. The van der Waals surface area contributed by atoms with Crippen molar-refractivity contribution in [2.75, 3.05) is 0 Å². The van der Waals surface area contributed by atoms with Crippen molar-refractivity contribution in [3.8, 4) is 44.9 Å². The first kappa shape index (κ1) is 35.3. The Balaban J connectivity index is 1.32. The van der Waals surface area contributed by atoms with Crippen LogP contribution in [0.4, 0.5) is 43.9 Å². The average molecular weight is 693 g/mol. The van der Waals surface area contributed by atoms with E-state index in [1.165, 1.54) is 29.8 Å². The van der Waals surface area contributed by atoms with Crippen molar-refractivity contribution in [3.63, 3.8) is 0 Å². The first-order valence-corrected chi connectivity index (χ1v) is 15.0. The van der Waals surface area contributed by atoms with Gasteiger partial charge in [-0.05, 0) is 64.9 Å². The Hall–Kier alpha value is -5.00. The number of hydrogen-bond donors (Lipinski definition) is 0. The highest BCUT2D eigenvalue weighted by atomic mass is 19.4. The minimum atomic E-state index is -5.47. The molecule has 0 bridgehead atoms. The molecule has 0 radical (unpaired) electrons. The second kappa shape index (κ2) is 14.2. The standard InChI is InChI=1S/C37H26F10O2/c1-2-3-4-5-21-6-8-22(9-7-21)23-10-13-27(30(38)16-23)24-11-14-28(31(39)17-24)25-12-15-29(32(40)18-25)36(43,44)48-26-19-33(41)35(34(42)20-26)49-37(45,46)47/h6-20H,2-5H2,1H3. The summed E-state index contributed by atoms with van der Waals surface area (Å²) in [5.41, 5.74) is 1.06. The number of unbranched alkanes of at least 4 members (excludes halogenated alkanes) is 2. The summed E-state index contributed by atoms with van der Waals surface area (Å²) in [6.45, 7) is 2.13. The van der Waals surface area contributed by atoms with Crippen LogP contribution in [-0.2, 0) is 12.5 Å². The molecule has 0 aromatic heterocycles. The van der Waals surface area contributed by atoms with E-state index in [1.54, 1.807) is 6.07 Å². The highest BCUT2D eigenvalue weighted by Crippen LogP contribution is 2.39. The molecule has 0 N–H and O–H groups in total. The van der Waals surface area contributed by atoms with Crippen LogP contribution in [0.1, 0.15) is 37.3 Å². The molecule has 0 amide bonds. The molecular weight excluding hydrogens is 666 g/mol. The van der Waals surface area contributed by atoms with Gasteiger partial charge in [-0.3, -0.25) is 0 Å². The first-order chi connectivity index (χ1) is 23.1. The Morgan fingerprint density at radius 1 is 0.510 bits per heavy atom. The van der Waals surface area contributed by atoms with Gasteiger partial charge in [0, 0.05) is 23.3 Å². The molecule has 0 unspecified atom stereocenters. The third kappa shape index (κ3) is 8.36. The van der Waals surface area contributed by atoms with Crippen LogP contribution >= 0.6 is 0 Å². The number of halogens is 10. The smallest absolute Gasteiger partial charge is 0.429 e. The monoisotopic (exact) mass is 692 g/mol. The van der Waals surface area contributed by atoms with E-state index in [0.29, 0.717) is 17.7 Å². The molecule has 0 atom stereocenters. The number of hydrogen-bond acceptors (Lipinski definition) is 2. The summed E-state index contributed by atoms with van der Waals surface area (Å²) in [5.74, 6) is -10.3. The second-order valence-electron chi connectivity index (χ2n) is 11.1. The summed E-state index contributed by atoms with van der Waals surface area (Å²) in [4.78, 5) is 0. The van der Waals surface area contributed by atoms with E-state index in [2.05, 4.69) is 16.4 Å². The highest BCUT2D eigenvalue weighted by Gasteiger charge is 2.39. The third-order valence-corrected chi connectivity index (χ3v) is 7.63. The van der Waals surface area contributed by atoms with Gasteiger partial charge < -0.3 is 9.47 Å². The molecule has 5 aromatic carbocycles. The molecule has 12 heteroatoms. The maximum Gasteiger partial charge on any atom is 0.573 e. The lowest BCUT2D eigenvalue weighted by Crippen LogP contribution is -2.24. The Kier molecular flexibility index (Phi) is 10.3. The first-order valence-electron chi connectivity index (χ1n) is 15.0. The molecule has 49 heavy (non-hydrogen) atoms. The molecule has 5 aromatic rings. The number of aryl methyl sites for hydroxylation is 1. The fraction of sp³-hybridized carbons (Fsp3) is 0.189. The fourth-order valence-corrected chi connectivity index (χ4v) is 5.22. The zero-order valence-corrected chi connectivity index (χ0v) is 25.6. The van der Waals surface area contributed by atoms with E-state index in [4.69, 9.17) is 0 Å². The molecule has 0 aliphatic heterocycles. The minimum Gasteiger partial charge on any atom is -0.429 e. The van der Waals surface area contributed by atoms with Gasteiger partial charge in [-0.2, -0.15) is 8.78 Å². The van der Waals surface area contributed by atoms with Crippen molar-refractivity contribution in [3.05, 3.63) is 131 Å². The second-order valence-corrected chi connectivity index (χ2v) is 11.1.